The average Bonchev–Trinajstić information content (AvgIpc) is 2.30. The van der Waals surface area contributed by atoms with Gasteiger partial charge in [0.05, 0.1) is 11.7 Å². The number of hydrogen-bond acceptors (Lipinski definition) is 4. The lowest BCUT2D eigenvalue weighted by atomic mass is 10.0. The summed E-state index contributed by atoms with van der Waals surface area (Å²) in [7, 11) is 0. The molecule has 0 radical (unpaired) electrons. The van der Waals surface area contributed by atoms with E-state index in [0.717, 1.165) is 4.90 Å². The van der Waals surface area contributed by atoms with Crippen LogP contribution in [0.15, 0.2) is 18.2 Å². The van der Waals surface area contributed by atoms with E-state index in [0.29, 0.717) is 30.5 Å². The predicted molar refractivity (Wildman–Crippen MR) is 61.9 cm³/mol. The quantitative estimate of drug-likeness (QED) is 0.708. The van der Waals surface area contributed by atoms with Gasteiger partial charge in [0.1, 0.15) is 0 Å². The van der Waals surface area contributed by atoms with Gasteiger partial charge < -0.3 is 9.90 Å². The van der Waals surface area contributed by atoms with Crippen molar-refractivity contribution < 1.29 is 19.5 Å². The zero-order valence-electron chi connectivity index (χ0n) is 9.93. The van der Waals surface area contributed by atoms with Crippen molar-refractivity contribution in [3.63, 3.8) is 0 Å². The Hall–Kier alpha value is -2.17. The van der Waals surface area contributed by atoms with Crippen LogP contribution >= 0.6 is 0 Å². The van der Waals surface area contributed by atoms with Crippen LogP contribution in [0.25, 0.3) is 0 Å². The summed E-state index contributed by atoms with van der Waals surface area (Å²) in [6, 6.07) is 4.27. The summed E-state index contributed by atoms with van der Waals surface area (Å²) in [6.07, 6.45) is 1.16. The molecule has 0 saturated carbocycles. The molecular formula is C13H12NO4-. The Morgan fingerprint density at radius 3 is 2.39 bits per heavy atom. The van der Waals surface area contributed by atoms with Gasteiger partial charge in [-0.05, 0) is 30.5 Å². The van der Waals surface area contributed by atoms with E-state index in [1.165, 1.54) is 12.1 Å². The van der Waals surface area contributed by atoms with Crippen molar-refractivity contribution in [2.24, 2.45) is 0 Å². The molecule has 0 N–H and O–H groups in total. The topological polar surface area (TPSA) is 77.5 Å². The Morgan fingerprint density at radius 1 is 1.22 bits per heavy atom. The Balaban J connectivity index is 2.48. The molecule has 1 aliphatic heterocycles. The Bertz CT molecular complexity index is 520. The van der Waals surface area contributed by atoms with Crippen LogP contribution < -0.4 is 10.0 Å². The standard InChI is InChI=1S/C13H13NO4/c1-8-5-6-9(13(17)18)7-10(8)14-11(15)3-2-4-12(14)16/h5-7H,2-4H2,1H3,(H,17,18)/p-1. The van der Waals surface area contributed by atoms with E-state index < -0.39 is 5.97 Å². The van der Waals surface area contributed by atoms with Crippen LogP contribution in [0, 0.1) is 6.92 Å². The number of aromatic carboxylic acids is 1. The average molecular weight is 246 g/mol. The zero-order valence-corrected chi connectivity index (χ0v) is 9.93. The third-order valence-corrected chi connectivity index (χ3v) is 2.97. The molecule has 18 heavy (non-hydrogen) atoms. The lowest BCUT2D eigenvalue weighted by molar-refractivity contribution is -0.255. The van der Waals surface area contributed by atoms with E-state index in [4.69, 9.17) is 0 Å². The summed E-state index contributed by atoms with van der Waals surface area (Å²) in [5, 5.41) is 10.8. The molecule has 1 aromatic rings. The Labute approximate surface area is 104 Å². The van der Waals surface area contributed by atoms with Crippen molar-refractivity contribution in [2.75, 3.05) is 4.90 Å². The minimum Gasteiger partial charge on any atom is -0.545 e. The number of carbonyl (C=O) groups excluding carboxylic acids is 3. The Morgan fingerprint density at radius 2 is 1.83 bits per heavy atom. The predicted octanol–water partition coefficient (Wildman–Crippen LogP) is 0.402. The number of hydrogen-bond donors (Lipinski definition) is 0. The molecular weight excluding hydrogens is 234 g/mol. The van der Waals surface area contributed by atoms with Crippen molar-refractivity contribution in [1.82, 2.24) is 0 Å². The van der Waals surface area contributed by atoms with Crippen LogP contribution in [-0.2, 0) is 9.59 Å². The highest BCUT2D eigenvalue weighted by molar-refractivity contribution is 6.17. The van der Waals surface area contributed by atoms with Crippen LogP contribution in [-0.4, -0.2) is 17.8 Å². The van der Waals surface area contributed by atoms with Crippen LogP contribution in [0.4, 0.5) is 5.69 Å². The first-order valence-corrected chi connectivity index (χ1v) is 5.68. The maximum atomic E-state index is 11.8. The monoisotopic (exact) mass is 246 g/mol. The molecule has 0 atom stereocenters. The third kappa shape index (κ3) is 2.11. The number of amides is 2. The molecule has 1 aliphatic rings. The second-order valence-corrected chi connectivity index (χ2v) is 4.27. The summed E-state index contributed by atoms with van der Waals surface area (Å²) >= 11 is 0. The molecule has 0 aromatic heterocycles. The van der Waals surface area contributed by atoms with E-state index in [-0.39, 0.29) is 17.4 Å². The molecule has 5 heteroatoms. The minimum atomic E-state index is -1.33. The smallest absolute Gasteiger partial charge is 0.233 e. The summed E-state index contributed by atoms with van der Waals surface area (Å²) in [5.41, 5.74) is 0.983. The first kappa shape index (κ1) is 12.3. The van der Waals surface area contributed by atoms with Crippen LogP contribution in [0.5, 0.6) is 0 Å². The number of aryl methyl sites for hydroxylation is 1. The van der Waals surface area contributed by atoms with Crippen molar-refractivity contribution >= 4 is 23.5 Å². The lowest BCUT2D eigenvalue weighted by Gasteiger charge is -2.26. The third-order valence-electron chi connectivity index (χ3n) is 2.97. The van der Waals surface area contributed by atoms with Crippen LogP contribution in [0.1, 0.15) is 35.2 Å². The van der Waals surface area contributed by atoms with Crippen molar-refractivity contribution in [3.8, 4) is 0 Å². The summed E-state index contributed by atoms with van der Waals surface area (Å²) in [5.74, 6) is -1.90. The number of nitrogens with zero attached hydrogens (tertiary/aromatic N) is 1. The van der Waals surface area contributed by atoms with E-state index in [9.17, 15) is 19.5 Å². The van der Waals surface area contributed by atoms with Gasteiger partial charge in [-0.15, -0.1) is 0 Å². The molecule has 0 bridgehead atoms. The van der Waals surface area contributed by atoms with Gasteiger partial charge >= 0.3 is 0 Å². The second-order valence-electron chi connectivity index (χ2n) is 4.27. The number of carbonyl (C=O) groups is 3. The van der Waals surface area contributed by atoms with Gasteiger partial charge in [0, 0.05) is 12.8 Å². The van der Waals surface area contributed by atoms with Crippen LogP contribution in [0.3, 0.4) is 0 Å². The fourth-order valence-corrected chi connectivity index (χ4v) is 2.00. The van der Waals surface area contributed by atoms with Gasteiger partial charge in [0.25, 0.3) is 0 Å². The lowest BCUT2D eigenvalue weighted by Crippen LogP contribution is -2.40. The van der Waals surface area contributed by atoms with Gasteiger partial charge in [0.15, 0.2) is 0 Å². The highest BCUT2D eigenvalue weighted by Gasteiger charge is 2.28. The molecule has 5 nitrogen and oxygen atoms in total. The molecule has 94 valence electrons. The van der Waals surface area contributed by atoms with E-state index in [2.05, 4.69) is 0 Å². The van der Waals surface area contributed by atoms with Gasteiger partial charge in [-0.2, -0.15) is 0 Å². The normalized spacial score (nSPS) is 15.9. The van der Waals surface area contributed by atoms with Gasteiger partial charge in [-0.25, -0.2) is 0 Å². The highest BCUT2D eigenvalue weighted by Crippen LogP contribution is 2.26. The first-order chi connectivity index (χ1) is 8.50. The van der Waals surface area contributed by atoms with Gasteiger partial charge in [-0.1, -0.05) is 12.1 Å². The summed E-state index contributed by atoms with van der Waals surface area (Å²) in [4.78, 5) is 35.4. The largest absolute Gasteiger partial charge is 0.545 e. The van der Waals surface area contributed by atoms with Crippen molar-refractivity contribution in [3.05, 3.63) is 29.3 Å². The molecule has 1 saturated heterocycles. The molecule has 1 aromatic carbocycles. The van der Waals surface area contributed by atoms with E-state index in [1.54, 1.807) is 13.0 Å². The zero-order chi connectivity index (χ0) is 13.3. The Kier molecular flexibility index (Phi) is 3.14. The number of rotatable bonds is 2. The SMILES string of the molecule is Cc1ccc(C(=O)[O-])cc1N1C(=O)CCCC1=O. The molecule has 2 amide bonds. The molecule has 0 unspecified atom stereocenters. The first-order valence-electron chi connectivity index (χ1n) is 5.68. The summed E-state index contributed by atoms with van der Waals surface area (Å²) in [6.45, 7) is 1.73. The fraction of sp³-hybridized carbons (Fsp3) is 0.308. The second kappa shape index (κ2) is 4.60. The fourth-order valence-electron chi connectivity index (χ4n) is 2.00. The number of carboxylic acid groups (broad SMARTS) is 1. The molecule has 2 rings (SSSR count). The molecule has 0 aliphatic carbocycles. The molecule has 1 fully saturated rings. The highest BCUT2D eigenvalue weighted by atomic mass is 16.4. The number of piperidine rings is 1. The molecule has 1 heterocycles. The van der Waals surface area contributed by atoms with Crippen molar-refractivity contribution in [1.29, 1.82) is 0 Å². The molecule has 0 spiro atoms. The number of anilines is 1. The van der Waals surface area contributed by atoms with E-state index >= 15 is 0 Å². The maximum Gasteiger partial charge on any atom is 0.233 e. The number of benzene rings is 1. The minimum absolute atomic E-state index is 0.0400. The number of imide groups is 1. The van der Waals surface area contributed by atoms with Gasteiger partial charge in [-0.3, -0.25) is 14.5 Å². The number of carboxylic acids is 1. The van der Waals surface area contributed by atoms with Gasteiger partial charge in [0.2, 0.25) is 11.8 Å². The maximum absolute atomic E-state index is 11.8. The van der Waals surface area contributed by atoms with Crippen LogP contribution in [0.2, 0.25) is 0 Å². The summed E-state index contributed by atoms with van der Waals surface area (Å²) < 4.78 is 0. The van der Waals surface area contributed by atoms with E-state index in [1.807, 2.05) is 0 Å². The van der Waals surface area contributed by atoms with Crippen molar-refractivity contribution in [2.45, 2.75) is 26.2 Å².